The molecule has 0 rings (SSSR count). The van der Waals surface area contributed by atoms with Crippen molar-refractivity contribution in [3.8, 4) is 0 Å². The van der Waals surface area contributed by atoms with E-state index < -0.39 is 18.2 Å². The van der Waals surface area contributed by atoms with E-state index in [0.29, 0.717) is 12.8 Å². The van der Waals surface area contributed by atoms with E-state index in [9.17, 15) is 20.1 Å². The molecular weight excluding hydrogens is 691 g/mol. The topological polar surface area (TPSA) is 89.8 Å². The minimum Gasteiger partial charge on any atom is -0.394 e. The van der Waals surface area contributed by atoms with E-state index in [-0.39, 0.29) is 12.5 Å². The first-order chi connectivity index (χ1) is 27.6. The van der Waals surface area contributed by atoms with Gasteiger partial charge >= 0.3 is 0 Å². The molecule has 0 heterocycles. The SMILES string of the molecule is CCCCCCCCCCCCCCCCCCCCCCCCCCCCCCCCC(=O)N[C@@H](CO)[C@H](O)[C@H](O)CCCCCCCCCCCCCC. The highest BCUT2D eigenvalue weighted by Gasteiger charge is 2.26. The van der Waals surface area contributed by atoms with Crippen LogP contribution in [0.1, 0.15) is 296 Å². The molecule has 56 heavy (non-hydrogen) atoms. The van der Waals surface area contributed by atoms with Gasteiger partial charge in [-0.3, -0.25) is 4.79 Å². The molecule has 5 nitrogen and oxygen atoms in total. The van der Waals surface area contributed by atoms with Crippen molar-refractivity contribution in [1.29, 1.82) is 0 Å². The van der Waals surface area contributed by atoms with Gasteiger partial charge < -0.3 is 20.6 Å². The number of carbonyl (C=O) groups excluding carboxylic acids is 1. The minimum atomic E-state index is -1.13. The van der Waals surface area contributed by atoms with Gasteiger partial charge in [-0.1, -0.05) is 277 Å². The summed E-state index contributed by atoms with van der Waals surface area (Å²) in [6.45, 7) is 4.20. The van der Waals surface area contributed by atoms with Crippen LogP contribution in [0, 0.1) is 0 Å². The maximum atomic E-state index is 12.5. The Hall–Kier alpha value is -0.650. The van der Waals surface area contributed by atoms with E-state index >= 15 is 0 Å². The Morgan fingerprint density at radius 3 is 0.857 bits per heavy atom. The monoisotopic (exact) mass is 794 g/mol. The van der Waals surface area contributed by atoms with Gasteiger partial charge in [-0.2, -0.15) is 0 Å². The molecule has 0 aromatic heterocycles. The van der Waals surface area contributed by atoms with Crippen LogP contribution in [0.4, 0.5) is 0 Å². The summed E-state index contributed by atoms with van der Waals surface area (Å²) in [6, 6.07) is -0.802. The molecule has 0 aliphatic carbocycles. The standard InChI is InChI=1S/C51H103NO4/c1-3-5-7-9-11-13-15-17-18-19-20-21-22-23-24-25-26-27-28-29-30-31-32-33-34-36-38-40-42-44-46-50(55)52-48(47-53)51(56)49(54)45-43-41-39-37-35-16-14-12-10-8-6-4-2/h48-49,51,53-54,56H,3-47H2,1-2H3,(H,52,55)/t48-,49+,51-/m0/s1. The Bertz CT molecular complexity index is 747. The van der Waals surface area contributed by atoms with Crippen molar-refractivity contribution < 1.29 is 20.1 Å². The Labute approximate surface area is 351 Å². The third-order valence-corrected chi connectivity index (χ3v) is 12.5. The van der Waals surface area contributed by atoms with E-state index in [4.69, 9.17) is 0 Å². The molecule has 0 bridgehead atoms. The Morgan fingerprint density at radius 2 is 0.607 bits per heavy atom. The molecule has 0 spiro atoms. The van der Waals surface area contributed by atoms with Crippen LogP contribution in [0.2, 0.25) is 0 Å². The van der Waals surface area contributed by atoms with Gasteiger partial charge in [-0.25, -0.2) is 0 Å². The highest BCUT2D eigenvalue weighted by molar-refractivity contribution is 5.76. The molecule has 0 aliphatic heterocycles. The summed E-state index contributed by atoms with van der Waals surface area (Å²) in [5.74, 6) is -0.138. The Balaban J connectivity index is 3.44. The van der Waals surface area contributed by atoms with Crippen LogP contribution < -0.4 is 5.32 Å². The zero-order valence-electron chi connectivity index (χ0n) is 38.3. The molecule has 0 unspecified atom stereocenters. The average Bonchev–Trinajstić information content (AvgIpc) is 3.20. The second-order valence-corrected chi connectivity index (χ2v) is 18.1. The van der Waals surface area contributed by atoms with Crippen molar-refractivity contribution in [2.45, 2.75) is 315 Å². The molecule has 336 valence electrons. The molecule has 0 fully saturated rings. The lowest BCUT2D eigenvalue weighted by atomic mass is 9.99. The van der Waals surface area contributed by atoms with E-state index in [0.717, 1.165) is 32.1 Å². The Kier molecular flexibility index (Phi) is 46.5. The number of hydrogen-bond donors (Lipinski definition) is 4. The van der Waals surface area contributed by atoms with Crippen LogP contribution in [0.25, 0.3) is 0 Å². The fourth-order valence-electron chi connectivity index (χ4n) is 8.46. The average molecular weight is 794 g/mol. The van der Waals surface area contributed by atoms with Crippen molar-refractivity contribution in [1.82, 2.24) is 5.32 Å². The van der Waals surface area contributed by atoms with Crippen LogP contribution in [-0.2, 0) is 4.79 Å². The second-order valence-electron chi connectivity index (χ2n) is 18.1. The number of aliphatic hydroxyl groups excluding tert-OH is 3. The van der Waals surface area contributed by atoms with Crippen LogP contribution >= 0.6 is 0 Å². The predicted molar refractivity (Wildman–Crippen MR) is 246 cm³/mol. The van der Waals surface area contributed by atoms with Crippen LogP contribution in [0.3, 0.4) is 0 Å². The molecule has 4 N–H and O–H groups in total. The third kappa shape index (κ3) is 41.5. The number of hydrogen-bond acceptors (Lipinski definition) is 4. The van der Waals surface area contributed by atoms with E-state index in [1.54, 1.807) is 0 Å². The van der Waals surface area contributed by atoms with Gasteiger partial charge in [0, 0.05) is 6.42 Å². The van der Waals surface area contributed by atoms with E-state index in [2.05, 4.69) is 19.2 Å². The lowest BCUT2D eigenvalue weighted by Gasteiger charge is -2.26. The molecule has 0 aromatic carbocycles. The predicted octanol–water partition coefficient (Wildman–Crippen LogP) is 15.4. The second kappa shape index (κ2) is 47.0. The first-order valence-corrected chi connectivity index (χ1v) is 25.8. The summed E-state index contributed by atoms with van der Waals surface area (Å²) in [5, 5.41) is 33.6. The van der Waals surface area contributed by atoms with Crippen molar-refractivity contribution in [2.75, 3.05) is 6.61 Å². The maximum Gasteiger partial charge on any atom is 0.220 e. The summed E-state index contributed by atoms with van der Waals surface area (Å²) < 4.78 is 0. The van der Waals surface area contributed by atoms with Gasteiger partial charge in [-0.05, 0) is 12.8 Å². The summed E-state index contributed by atoms with van der Waals surface area (Å²) >= 11 is 0. The lowest BCUT2D eigenvalue weighted by molar-refractivity contribution is -0.124. The van der Waals surface area contributed by atoms with Crippen molar-refractivity contribution >= 4 is 5.91 Å². The zero-order chi connectivity index (χ0) is 40.8. The normalized spacial score (nSPS) is 13.3. The molecule has 0 saturated heterocycles. The van der Waals surface area contributed by atoms with Gasteiger partial charge in [-0.15, -0.1) is 0 Å². The van der Waals surface area contributed by atoms with Crippen molar-refractivity contribution in [2.24, 2.45) is 0 Å². The molecular formula is C51H103NO4. The molecule has 3 atom stereocenters. The summed E-state index contributed by atoms with van der Waals surface area (Å²) in [5.41, 5.74) is 0. The molecule has 0 saturated carbocycles. The smallest absolute Gasteiger partial charge is 0.220 e. The molecule has 0 aliphatic rings. The summed E-state index contributed by atoms with van der Waals surface area (Å²) in [6.07, 6.45) is 55.4. The van der Waals surface area contributed by atoms with Gasteiger partial charge in [0.1, 0.15) is 6.10 Å². The van der Waals surface area contributed by atoms with Crippen LogP contribution in [0.15, 0.2) is 0 Å². The van der Waals surface area contributed by atoms with Gasteiger partial charge in [0.2, 0.25) is 5.91 Å². The summed E-state index contributed by atoms with van der Waals surface area (Å²) in [7, 11) is 0. The number of nitrogens with one attached hydrogen (secondary N) is 1. The highest BCUT2D eigenvalue weighted by Crippen LogP contribution is 2.18. The number of rotatable bonds is 48. The molecule has 0 radical (unpaired) electrons. The quantitative estimate of drug-likeness (QED) is 0.0462. The van der Waals surface area contributed by atoms with E-state index in [1.807, 2.05) is 0 Å². The maximum absolute atomic E-state index is 12.5. The van der Waals surface area contributed by atoms with Gasteiger partial charge in [0.25, 0.3) is 0 Å². The van der Waals surface area contributed by atoms with Crippen LogP contribution in [-0.4, -0.2) is 46.1 Å². The third-order valence-electron chi connectivity index (χ3n) is 12.5. The van der Waals surface area contributed by atoms with Crippen molar-refractivity contribution in [3.63, 3.8) is 0 Å². The summed E-state index contributed by atoms with van der Waals surface area (Å²) in [4.78, 5) is 12.5. The van der Waals surface area contributed by atoms with Gasteiger partial charge in [0.15, 0.2) is 0 Å². The van der Waals surface area contributed by atoms with Gasteiger partial charge in [0.05, 0.1) is 18.8 Å². The number of amides is 1. The highest BCUT2D eigenvalue weighted by atomic mass is 16.3. The number of aliphatic hydroxyl groups is 3. The zero-order valence-corrected chi connectivity index (χ0v) is 38.3. The Morgan fingerprint density at radius 1 is 0.375 bits per heavy atom. The first-order valence-electron chi connectivity index (χ1n) is 25.8. The fraction of sp³-hybridized carbons (Fsp3) is 0.980. The van der Waals surface area contributed by atoms with Crippen LogP contribution in [0.5, 0.6) is 0 Å². The molecule has 1 amide bonds. The lowest BCUT2D eigenvalue weighted by Crippen LogP contribution is -2.50. The fourth-order valence-corrected chi connectivity index (χ4v) is 8.46. The number of unbranched alkanes of at least 4 members (excludes halogenated alkanes) is 40. The number of carbonyl (C=O) groups is 1. The van der Waals surface area contributed by atoms with Crippen molar-refractivity contribution in [3.05, 3.63) is 0 Å². The first kappa shape index (κ1) is 55.4. The minimum absolute atomic E-state index is 0.138. The molecule has 5 heteroatoms. The largest absolute Gasteiger partial charge is 0.394 e. The molecule has 0 aromatic rings. The van der Waals surface area contributed by atoms with E-state index in [1.165, 1.54) is 238 Å².